The summed E-state index contributed by atoms with van der Waals surface area (Å²) in [4.78, 5) is 18.6. The molecule has 3 saturated heterocycles. The van der Waals surface area contributed by atoms with Gasteiger partial charge >= 0.3 is 0 Å². The maximum absolute atomic E-state index is 17.4. The molecule has 288 valence electrons. The Kier molecular flexibility index (Phi) is 10.6. The van der Waals surface area contributed by atoms with Crippen LogP contribution in [0.4, 0.5) is 19.0 Å². The van der Waals surface area contributed by atoms with Crippen molar-refractivity contribution in [1.82, 2.24) is 19.9 Å². The fourth-order valence-corrected chi connectivity index (χ4v) is 14.7. The third-order valence-corrected chi connectivity index (χ3v) is 18.6. The molecule has 0 spiro atoms. The topological polar surface area (TPSA) is 72.8 Å². The number of aromatic nitrogens is 3. The van der Waals surface area contributed by atoms with Gasteiger partial charge in [0.05, 0.1) is 17.3 Å². The fraction of sp³-hybridized carbons (Fsp3) is 0.548. The van der Waals surface area contributed by atoms with E-state index < -0.39 is 31.4 Å². The Morgan fingerprint density at radius 2 is 1.76 bits per heavy atom. The Morgan fingerprint density at radius 1 is 1.00 bits per heavy atom. The molecule has 0 bridgehead atoms. The summed E-state index contributed by atoms with van der Waals surface area (Å²) < 4.78 is 65.4. The maximum Gasteiger partial charge on any atom is 0.233 e. The van der Waals surface area contributed by atoms with E-state index in [-0.39, 0.29) is 42.1 Å². The first-order valence-corrected chi connectivity index (χ1v) is 21.6. The molecule has 2 aromatic heterocycles. The molecule has 0 radical (unpaired) electrons. The zero-order valence-corrected chi connectivity index (χ0v) is 33.7. The van der Waals surface area contributed by atoms with Crippen LogP contribution in [0.2, 0.25) is 16.6 Å². The molecule has 2 aromatic carbocycles. The second-order valence-corrected chi connectivity index (χ2v) is 22.0. The first-order chi connectivity index (χ1) is 25.8. The molecule has 0 N–H and O–H groups in total. The lowest BCUT2D eigenvalue weighted by Gasteiger charge is -2.40. The van der Waals surface area contributed by atoms with Gasteiger partial charge in [-0.1, -0.05) is 53.5 Å². The molecule has 0 aliphatic carbocycles. The molecule has 0 saturated carbocycles. The summed E-state index contributed by atoms with van der Waals surface area (Å²) in [6, 6.07) is 6.69. The molecule has 3 atom stereocenters. The van der Waals surface area contributed by atoms with E-state index in [9.17, 15) is 4.39 Å². The first-order valence-electron chi connectivity index (χ1n) is 19.4. The highest BCUT2D eigenvalue weighted by atomic mass is 28.3. The Hall–Kier alpha value is -3.92. The van der Waals surface area contributed by atoms with E-state index in [4.69, 9.17) is 24.2 Å². The molecule has 7 rings (SSSR count). The zero-order valence-electron chi connectivity index (χ0n) is 32.7. The lowest BCUT2D eigenvalue weighted by Crippen LogP contribution is -2.46. The summed E-state index contributed by atoms with van der Waals surface area (Å²) in [7, 11) is -0.757. The van der Waals surface area contributed by atoms with Crippen LogP contribution in [0.1, 0.15) is 79.7 Å². The van der Waals surface area contributed by atoms with Crippen molar-refractivity contribution in [2.75, 3.05) is 45.0 Å². The van der Waals surface area contributed by atoms with Crippen LogP contribution in [0, 0.1) is 23.1 Å². The summed E-state index contributed by atoms with van der Waals surface area (Å²) in [6.45, 7) is 17.5. The van der Waals surface area contributed by atoms with Gasteiger partial charge in [0.2, 0.25) is 5.88 Å². The number of pyridine rings is 1. The zero-order chi connectivity index (χ0) is 38.5. The number of hydrogen-bond acceptors (Lipinski definition) is 8. The van der Waals surface area contributed by atoms with E-state index >= 15 is 8.78 Å². The summed E-state index contributed by atoms with van der Waals surface area (Å²) in [5.74, 6) is 3.19. The number of fused-ring (bicyclic) bond motifs is 3. The lowest BCUT2D eigenvalue weighted by molar-refractivity contribution is 0.0512. The smallest absolute Gasteiger partial charge is 0.233 e. The van der Waals surface area contributed by atoms with E-state index in [1.54, 1.807) is 18.2 Å². The van der Waals surface area contributed by atoms with Gasteiger partial charge in [0, 0.05) is 43.6 Å². The number of anilines is 1. The Balaban J connectivity index is 1.44. The molecular formula is C42H52F3N5O3Si. The molecule has 12 heteroatoms. The fourth-order valence-electron chi connectivity index (χ4n) is 9.48. The quantitative estimate of drug-likeness (QED) is 0.0852. The molecule has 4 aromatic rings. The van der Waals surface area contributed by atoms with Crippen LogP contribution in [0.15, 0.2) is 30.5 Å². The predicted octanol–water partition coefficient (Wildman–Crippen LogP) is 9.23. The first kappa shape index (κ1) is 38.4. The molecule has 8 nitrogen and oxygen atoms in total. The monoisotopic (exact) mass is 759 g/mol. The Morgan fingerprint density at radius 3 is 2.43 bits per heavy atom. The van der Waals surface area contributed by atoms with Crippen molar-refractivity contribution < 1.29 is 27.4 Å². The van der Waals surface area contributed by atoms with Gasteiger partial charge in [-0.2, -0.15) is 0 Å². The highest BCUT2D eigenvalue weighted by Gasteiger charge is 2.49. The van der Waals surface area contributed by atoms with Crippen molar-refractivity contribution in [3.05, 3.63) is 47.7 Å². The molecule has 5 heterocycles. The van der Waals surface area contributed by atoms with Gasteiger partial charge in [-0.25, -0.2) is 28.1 Å². The van der Waals surface area contributed by atoms with Crippen molar-refractivity contribution in [3.63, 3.8) is 0 Å². The highest BCUT2D eigenvalue weighted by molar-refractivity contribution is 6.90. The molecule has 3 aliphatic heterocycles. The van der Waals surface area contributed by atoms with Crippen molar-refractivity contribution in [2.24, 2.45) is 0 Å². The minimum absolute atomic E-state index is 0.00610. The number of rotatable bonds is 11. The number of nitrogens with zero attached hydrogens (tertiary/aromatic N) is 5. The van der Waals surface area contributed by atoms with Gasteiger partial charge in [0.15, 0.2) is 18.4 Å². The number of methoxy groups -OCH3 is 1. The second-order valence-electron chi connectivity index (χ2n) is 16.4. The third kappa shape index (κ3) is 6.60. The molecule has 0 unspecified atom stereocenters. The van der Waals surface area contributed by atoms with Gasteiger partial charge in [0.1, 0.15) is 49.1 Å². The molecule has 0 amide bonds. The molecule has 54 heavy (non-hydrogen) atoms. The van der Waals surface area contributed by atoms with Gasteiger partial charge < -0.3 is 19.1 Å². The van der Waals surface area contributed by atoms with Crippen molar-refractivity contribution in [2.45, 2.75) is 109 Å². The van der Waals surface area contributed by atoms with Gasteiger partial charge in [-0.3, -0.25) is 4.90 Å². The standard InChI is InChI=1S/C42H52F3N5O3Si/c1-25(2)54(26(3)4,27(5)6)17-13-32-34(44)11-10-29-18-31(53-24-51-8)19-33(36(29)32)38-37(45)39-40(41(48-38)50-16-12-28(50)7)46-21-35(47-39)52-23-42-14-9-15-49(42)22-30(43)20-42/h10-11,18-19,21,25-28,30H,9,12,14-16,20,22-24H2,1-8H3/t28-,30+,42-/m0/s1. The average Bonchev–Trinajstić information content (AvgIpc) is 3.66. The van der Waals surface area contributed by atoms with E-state index in [0.717, 1.165) is 25.8 Å². The van der Waals surface area contributed by atoms with Gasteiger partial charge in [-0.05, 0) is 72.9 Å². The third-order valence-electron chi connectivity index (χ3n) is 12.3. The SMILES string of the molecule is COCOc1cc(-c2nc(N3CC[C@@H]3C)c3ncc(OC[C@@]45CCCN4C[C@H](F)C5)nc3c2F)c2c(C#C[Si](C(C)C)(C(C)C)C(C)C)c(F)ccc2c1. The number of ether oxygens (including phenoxy) is 3. The van der Waals surface area contributed by atoms with E-state index in [0.29, 0.717) is 69.6 Å². The number of hydrogen-bond donors (Lipinski definition) is 0. The highest BCUT2D eigenvalue weighted by Crippen LogP contribution is 2.44. The molecule has 3 fully saturated rings. The normalized spacial score (nSPS) is 21.6. The maximum atomic E-state index is 17.4. The summed E-state index contributed by atoms with van der Waals surface area (Å²) in [5.41, 5.74) is 5.08. The van der Waals surface area contributed by atoms with Crippen LogP contribution >= 0.6 is 0 Å². The number of halogens is 3. The van der Waals surface area contributed by atoms with Crippen molar-refractivity contribution >= 4 is 35.7 Å². The van der Waals surface area contributed by atoms with Crippen LogP contribution in [-0.4, -0.2) is 85.8 Å². The summed E-state index contributed by atoms with van der Waals surface area (Å²) in [5, 5.41) is 1.07. The van der Waals surface area contributed by atoms with Crippen LogP contribution in [-0.2, 0) is 4.74 Å². The minimum atomic E-state index is -2.28. The van der Waals surface area contributed by atoms with E-state index in [2.05, 4.69) is 74.7 Å². The molecular weight excluding hydrogens is 708 g/mol. The summed E-state index contributed by atoms with van der Waals surface area (Å²) >= 11 is 0. The van der Waals surface area contributed by atoms with Gasteiger partial charge in [0.25, 0.3) is 0 Å². The van der Waals surface area contributed by atoms with Gasteiger partial charge in [-0.15, -0.1) is 5.54 Å². The lowest BCUT2D eigenvalue weighted by atomic mass is 9.95. The minimum Gasteiger partial charge on any atom is -0.475 e. The Labute approximate surface area is 317 Å². The van der Waals surface area contributed by atoms with Crippen LogP contribution in [0.3, 0.4) is 0 Å². The average molecular weight is 760 g/mol. The number of alkyl halides is 1. The van der Waals surface area contributed by atoms with Crippen LogP contribution in [0.5, 0.6) is 11.6 Å². The largest absolute Gasteiger partial charge is 0.475 e. The second kappa shape index (κ2) is 15.0. The van der Waals surface area contributed by atoms with E-state index in [1.165, 1.54) is 19.4 Å². The van der Waals surface area contributed by atoms with Crippen LogP contribution < -0.4 is 14.4 Å². The van der Waals surface area contributed by atoms with E-state index in [1.807, 2.05) is 0 Å². The van der Waals surface area contributed by atoms with Crippen molar-refractivity contribution in [3.8, 4) is 34.4 Å². The Bertz CT molecular complexity index is 2100. The summed E-state index contributed by atoms with van der Waals surface area (Å²) in [6.07, 6.45) is 3.75. The predicted molar refractivity (Wildman–Crippen MR) is 211 cm³/mol. The number of benzene rings is 2. The molecule has 3 aliphatic rings. The van der Waals surface area contributed by atoms with Crippen molar-refractivity contribution in [1.29, 1.82) is 0 Å². The van der Waals surface area contributed by atoms with Crippen LogP contribution in [0.25, 0.3) is 33.1 Å².